The molecule has 1 N–H and O–H groups in total. The van der Waals surface area contributed by atoms with Crippen molar-refractivity contribution in [3.8, 4) is 0 Å². The minimum absolute atomic E-state index is 0.0735. The van der Waals surface area contributed by atoms with Gasteiger partial charge in [-0.3, -0.25) is 14.5 Å². The van der Waals surface area contributed by atoms with Gasteiger partial charge in [0.25, 0.3) is 0 Å². The SMILES string of the molecule is CC(C)Cc1noc(CN(C)C(=O)C[C@@H]2C(=O)NCCN2CC(C)C)n1. The van der Waals surface area contributed by atoms with Crippen molar-refractivity contribution < 1.29 is 14.1 Å². The van der Waals surface area contributed by atoms with Crippen molar-refractivity contribution in [2.24, 2.45) is 11.8 Å². The topological polar surface area (TPSA) is 91.6 Å². The summed E-state index contributed by atoms with van der Waals surface area (Å²) in [5.41, 5.74) is 0. The first-order valence-corrected chi connectivity index (χ1v) is 9.33. The van der Waals surface area contributed by atoms with E-state index in [1.54, 1.807) is 11.9 Å². The van der Waals surface area contributed by atoms with Gasteiger partial charge in [0, 0.05) is 33.1 Å². The molecule has 26 heavy (non-hydrogen) atoms. The van der Waals surface area contributed by atoms with Gasteiger partial charge in [-0.15, -0.1) is 0 Å². The molecule has 1 atom stereocenters. The molecule has 0 spiro atoms. The summed E-state index contributed by atoms with van der Waals surface area (Å²) in [5.74, 6) is 1.78. The third-order valence-corrected chi connectivity index (χ3v) is 4.31. The molecular weight excluding hydrogens is 334 g/mol. The average Bonchev–Trinajstić information content (AvgIpc) is 2.96. The highest BCUT2D eigenvalue weighted by atomic mass is 16.5. The number of piperazine rings is 1. The van der Waals surface area contributed by atoms with Crippen LogP contribution in [0.4, 0.5) is 0 Å². The van der Waals surface area contributed by atoms with Crippen LogP contribution in [-0.2, 0) is 22.6 Å². The zero-order valence-electron chi connectivity index (χ0n) is 16.5. The van der Waals surface area contributed by atoms with Gasteiger partial charge in [-0.1, -0.05) is 32.9 Å². The molecule has 0 aromatic carbocycles. The zero-order valence-corrected chi connectivity index (χ0v) is 16.5. The molecule has 1 aliphatic heterocycles. The molecule has 0 unspecified atom stereocenters. The Balaban J connectivity index is 1.94. The molecule has 1 saturated heterocycles. The van der Waals surface area contributed by atoms with Crippen molar-refractivity contribution in [1.82, 2.24) is 25.3 Å². The van der Waals surface area contributed by atoms with Crippen molar-refractivity contribution >= 4 is 11.8 Å². The van der Waals surface area contributed by atoms with Crippen molar-refractivity contribution in [3.05, 3.63) is 11.7 Å². The summed E-state index contributed by atoms with van der Waals surface area (Å²) in [5, 5.41) is 6.80. The maximum absolute atomic E-state index is 12.6. The molecule has 1 fully saturated rings. The predicted octanol–water partition coefficient (Wildman–Crippen LogP) is 1.07. The highest BCUT2D eigenvalue weighted by Crippen LogP contribution is 2.14. The minimum Gasteiger partial charge on any atom is -0.353 e. The van der Waals surface area contributed by atoms with Crippen molar-refractivity contribution in [1.29, 1.82) is 0 Å². The monoisotopic (exact) mass is 365 g/mol. The first kappa shape index (κ1) is 20.4. The lowest BCUT2D eigenvalue weighted by Crippen LogP contribution is -2.57. The van der Waals surface area contributed by atoms with Gasteiger partial charge in [-0.05, 0) is 11.8 Å². The summed E-state index contributed by atoms with van der Waals surface area (Å²) >= 11 is 0. The molecule has 1 aliphatic rings. The van der Waals surface area contributed by atoms with Crippen LogP contribution in [0, 0.1) is 11.8 Å². The predicted molar refractivity (Wildman–Crippen MR) is 97.1 cm³/mol. The second-order valence-electron chi connectivity index (χ2n) is 7.85. The summed E-state index contributed by atoms with van der Waals surface area (Å²) in [6, 6.07) is -0.416. The van der Waals surface area contributed by atoms with E-state index in [4.69, 9.17) is 4.52 Å². The third kappa shape index (κ3) is 5.79. The first-order chi connectivity index (χ1) is 12.3. The van der Waals surface area contributed by atoms with Crippen LogP contribution in [0.1, 0.15) is 45.8 Å². The number of nitrogens with zero attached hydrogens (tertiary/aromatic N) is 4. The number of nitrogens with one attached hydrogen (secondary N) is 1. The Morgan fingerprint density at radius 1 is 1.35 bits per heavy atom. The van der Waals surface area contributed by atoms with Crippen LogP contribution in [0.2, 0.25) is 0 Å². The van der Waals surface area contributed by atoms with E-state index in [9.17, 15) is 9.59 Å². The number of carbonyl (C=O) groups is 2. The number of hydrogen-bond acceptors (Lipinski definition) is 6. The van der Waals surface area contributed by atoms with Crippen molar-refractivity contribution in [2.45, 2.75) is 53.1 Å². The quantitative estimate of drug-likeness (QED) is 0.741. The molecule has 0 radical (unpaired) electrons. The molecule has 1 aromatic heterocycles. The molecule has 8 nitrogen and oxygen atoms in total. The van der Waals surface area contributed by atoms with E-state index in [0.717, 1.165) is 19.5 Å². The summed E-state index contributed by atoms with van der Waals surface area (Å²) in [4.78, 5) is 32.8. The Kier molecular flexibility index (Phi) is 7.14. The fourth-order valence-corrected chi connectivity index (χ4v) is 3.09. The Morgan fingerprint density at radius 2 is 2.08 bits per heavy atom. The third-order valence-electron chi connectivity index (χ3n) is 4.31. The molecule has 146 valence electrons. The van der Waals surface area contributed by atoms with Crippen LogP contribution >= 0.6 is 0 Å². The molecule has 0 aliphatic carbocycles. The normalized spacial score (nSPS) is 18.4. The number of amides is 2. The van der Waals surface area contributed by atoms with Crippen LogP contribution < -0.4 is 5.32 Å². The van der Waals surface area contributed by atoms with Crippen LogP contribution in [0.25, 0.3) is 0 Å². The second-order valence-corrected chi connectivity index (χ2v) is 7.85. The summed E-state index contributed by atoms with van der Waals surface area (Å²) in [7, 11) is 1.70. The van der Waals surface area contributed by atoms with Gasteiger partial charge < -0.3 is 14.7 Å². The molecule has 1 aromatic rings. The average molecular weight is 365 g/mol. The van der Waals surface area contributed by atoms with Crippen LogP contribution in [0.3, 0.4) is 0 Å². The summed E-state index contributed by atoms with van der Waals surface area (Å²) in [6.07, 6.45) is 0.898. The number of carbonyl (C=O) groups excluding carboxylic acids is 2. The van der Waals surface area contributed by atoms with Crippen LogP contribution in [0.15, 0.2) is 4.52 Å². The van der Waals surface area contributed by atoms with E-state index >= 15 is 0 Å². The lowest BCUT2D eigenvalue weighted by Gasteiger charge is -2.36. The maximum atomic E-state index is 12.6. The van der Waals surface area contributed by atoms with E-state index in [-0.39, 0.29) is 24.8 Å². The van der Waals surface area contributed by atoms with Crippen molar-refractivity contribution in [2.75, 3.05) is 26.7 Å². The molecule has 0 bridgehead atoms. The van der Waals surface area contributed by atoms with Gasteiger partial charge >= 0.3 is 0 Å². The molecule has 2 amide bonds. The van der Waals surface area contributed by atoms with Gasteiger partial charge in [0.2, 0.25) is 17.7 Å². The van der Waals surface area contributed by atoms with E-state index in [2.05, 4.69) is 48.1 Å². The highest BCUT2D eigenvalue weighted by molar-refractivity contribution is 5.88. The Hall–Kier alpha value is -1.96. The molecule has 2 rings (SSSR count). The first-order valence-electron chi connectivity index (χ1n) is 9.33. The number of hydrogen-bond donors (Lipinski definition) is 1. The van der Waals surface area contributed by atoms with E-state index in [0.29, 0.717) is 30.1 Å². The van der Waals surface area contributed by atoms with Gasteiger partial charge in [0.05, 0.1) is 19.0 Å². The lowest BCUT2D eigenvalue weighted by molar-refractivity contribution is -0.138. The van der Waals surface area contributed by atoms with Crippen LogP contribution in [-0.4, -0.2) is 64.5 Å². The standard InChI is InChI=1S/C18H31N5O3/c1-12(2)8-15-20-16(26-21-15)11-22(5)17(24)9-14-18(25)19-6-7-23(14)10-13(3)4/h12-14H,6-11H2,1-5H3,(H,19,25)/t14-/m1/s1. The molecule has 8 heteroatoms. The lowest BCUT2D eigenvalue weighted by atomic mass is 10.1. The van der Waals surface area contributed by atoms with Crippen molar-refractivity contribution in [3.63, 3.8) is 0 Å². The zero-order chi connectivity index (χ0) is 19.3. The fraction of sp³-hybridized carbons (Fsp3) is 0.778. The minimum atomic E-state index is -0.416. The maximum Gasteiger partial charge on any atom is 0.246 e. The number of aromatic nitrogens is 2. The highest BCUT2D eigenvalue weighted by Gasteiger charge is 2.32. The molecular formula is C18H31N5O3. The van der Waals surface area contributed by atoms with E-state index < -0.39 is 6.04 Å². The van der Waals surface area contributed by atoms with Gasteiger partial charge in [-0.25, -0.2) is 0 Å². The van der Waals surface area contributed by atoms with Crippen LogP contribution in [0.5, 0.6) is 0 Å². The number of rotatable bonds is 8. The van der Waals surface area contributed by atoms with Gasteiger partial charge in [-0.2, -0.15) is 4.98 Å². The summed E-state index contributed by atoms with van der Waals surface area (Å²) < 4.78 is 5.23. The smallest absolute Gasteiger partial charge is 0.246 e. The summed E-state index contributed by atoms with van der Waals surface area (Å²) in [6.45, 7) is 10.9. The molecule has 2 heterocycles. The Labute approximate surface area is 155 Å². The molecule has 0 saturated carbocycles. The Morgan fingerprint density at radius 3 is 2.73 bits per heavy atom. The van der Waals surface area contributed by atoms with E-state index in [1.165, 1.54) is 0 Å². The van der Waals surface area contributed by atoms with E-state index in [1.807, 2.05) is 0 Å². The second kappa shape index (κ2) is 9.12. The largest absolute Gasteiger partial charge is 0.353 e. The van der Waals surface area contributed by atoms with Gasteiger partial charge in [0.15, 0.2) is 5.82 Å². The fourth-order valence-electron chi connectivity index (χ4n) is 3.09. The Bertz CT molecular complexity index is 614. The van der Waals surface area contributed by atoms with Gasteiger partial charge in [0.1, 0.15) is 0 Å².